The van der Waals surface area contributed by atoms with Crippen molar-refractivity contribution in [2.75, 3.05) is 38.5 Å². The van der Waals surface area contributed by atoms with Crippen LogP contribution in [0.15, 0.2) is 18.2 Å². The molecule has 0 aromatic heterocycles. The largest absolute Gasteiger partial charge is 0.398 e. The lowest BCUT2D eigenvalue weighted by Crippen LogP contribution is -2.48. The Bertz CT molecular complexity index is 496. The number of nitrogens with two attached hydrogens (primary N) is 1. The molecule has 1 aliphatic heterocycles. The number of piperazine rings is 1. The average molecular weight is 278 g/mol. The first-order chi connectivity index (χ1) is 9.13. The summed E-state index contributed by atoms with van der Waals surface area (Å²) < 4.78 is 0. The number of rotatable bonds is 2. The number of hydrogen-bond donors (Lipinski definition) is 1. The Morgan fingerprint density at radius 2 is 2.05 bits per heavy atom. The first-order valence-electron chi connectivity index (χ1n) is 6.12. The van der Waals surface area contributed by atoms with E-state index < -0.39 is 0 Å². The van der Waals surface area contributed by atoms with Gasteiger partial charge in [-0.05, 0) is 12.1 Å². The highest BCUT2D eigenvalue weighted by Gasteiger charge is 2.24. The van der Waals surface area contributed by atoms with Gasteiger partial charge in [0.2, 0.25) is 0 Å². The second-order valence-electron chi connectivity index (χ2n) is 4.48. The Hall–Kier alpha value is -1.70. The van der Waals surface area contributed by atoms with Crippen LogP contribution in [0.3, 0.4) is 0 Å². The van der Waals surface area contributed by atoms with Gasteiger partial charge in [0, 0.05) is 31.9 Å². The molecule has 0 spiro atoms. The van der Waals surface area contributed by atoms with Gasteiger partial charge in [-0.25, -0.2) is 0 Å². The monoisotopic (exact) mass is 277 g/mol. The number of hydrogen-bond acceptors (Lipinski definition) is 3. The van der Waals surface area contributed by atoms with Gasteiger partial charge in [-0.15, -0.1) is 6.42 Å². The van der Waals surface area contributed by atoms with Crippen molar-refractivity contribution in [1.82, 2.24) is 9.80 Å². The number of carbonyl (C=O) groups excluding carboxylic acids is 1. The summed E-state index contributed by atoms with van der Waals surface area (Å²) in [5.41, 5.74) is 6.65. The van der Waals surface area contributed by atoms with E-state index in [1.165, 1.54) is 0 Å². The third-order valence-electron chi connectivity index (χ3n) is 3.23. The Kier molecular flexibility index (Phi) is 4.31. The molecule has 1 fully saturated rings. The number of benzene rings is 1. The van der Waals surface area contributed by atoms with Crippen LogP contribution in [0, 0.1) is 12.3 Å². The molecule has 1 aromatic carbocycles. The van der Waals surface area contributed by atoms with Crippen LogP contribution in [0.1, 0.15) is 10.4 Å². The molecule has 19 heavy (non-hydrogen) atoms. The van der Waals surface area contributed by atoms with Crippen molar-refractivity contribution in [3.63, 3.8) is 0 Å². The van der Waals surface area contributed by atoms with Crippen LogP contribution in [-0.4, -0.2) is 48.4 Å². The highest BCUT2D eigenvalue weighted by molar-refractivity contribution is 6.34. The summed E-state index contributed by atoms with van der Waals surface area (Å²) in [5, 5.41) is 0.399. The van der Waals surface area contributed by atoms with Crippen molar-refractivity contribution in [2.45, 2.75) is 0 Å². The molecule has 1 heterocycles. The van der Waals surface area contributed by atoms with Gasteiger partial charge >= 0.3 is 0 Å². The van der Waals surface area contributed by atoms with E-state index in [2.05, 4.69) is 10.8 Å². The van der Waals surface area contributed by atoms with Gasteiger partial charge in [0.25, 0.3) is 5.91 Å². The molecule has 1 amide bonds. The van der Waals surface area contributed by atoms with E-state index in [0.29, 0.717) is 35.9 Å². The van der Waals surface area contributed by atoms with E-state index in [1.807, 2.05) is 0 Å². The van der Waals surface area contributed by atoms with Gasteiger partial charge < -0.3 is 10.6 Å². The average Bonchev–Trinajstić information content (AvgIpc) is 2.39. The van der Waals surface area contributed by atoms with Gasteiger partial charge in [0.05, 0.1) is 17.1 Å². The number of nitrogen functional groups attached to an aromatic ring is 1. The Morgan fingerprint density at radius 1 is 1.37 bits per heavy atom. The molecular weight excluding hydrogens is 262 g/mol. The molecule has 0 saturated carbocycles. The maximum Gasteiger partial charge on any atom is 0.257 e. The van der Waals surface area contributed by atoms with E-state index in [-0.39, 0.29) is 5.91 Å². The number of halogens is 1. The molecule has 5 heteroatoms. The Morgan fingerprint density at radius 3 is 2.63 bits per heavy atom. The van der Waals surface area contributed by atoms with Gasteiger partial charge in [0.15, 0.2) is 0 Å². The summed E-state index contributed by atoms with van der Waals surface area (Å²) >= 11 is 6.06. The van der Waals surface area contributed by atoms with E-state index >= 15 is 0 Å². The van der Waals surface area contributed by atoms with Crippen LogP contribution >= 0.6 is 11.6 Å². The normalized spacial score (nSPS) is 16.1. The molecule has 0 aliphatic carbocycles. The predicted octanol–water partition coefficient (Wildman–Crippen LogP) is 1.31. The molecule has 1 saturated heterocycles. The molecule has 1 aromatic rings. The quantitative estimate of drug-likeness (QED) is 0.655. The first kappa shape index (κ1) is 13.7. The van der Waals surface area contributed by atoms with Gasteiger partial charge in [-0.2, -0.15) is 0 Å². The minimum Gasteiger partial charge on any atom is -0.398 e. The molecule has 2 N–H and O–H groups in total. The lowest BCUT2D eigenvalue weighted by molar-refractivity contribution is 0.0653. The van der Waals surface area contributed by atoms with Crippen molar-refractivity contribution >= 4 is 23.2 Å². The molecule has 4 nitrogen and oxygen atoms in total. The maximum absolute atomic E-state index is 12.4. The van der Waals surface area contributed by atoms with Gasteiger partial charge in [-0.1, -0.05) is 23.6 Å². The van der Waals surface area contributed by atoms with Crippen molar-refractivity contribution in [2.24, 2.45) is 0 Å². The number of carbonyl (C=O) groups is 1. The number of nitrogens with zero attached hydrogens (tertiary/aromatic N) is 2. The highest BCUT2D eigenvalue weighted by atomic mass is 35.5. The van der Waals surface area contributed by atoms with Crippen LogP contribution in [0.5, 0.6) is 0 Å². The lowest BCUT2D eigenvalue weighted by atomic mass is 10.1. The second-order valence-corrected chi connectivity index (χ2v) is 4.88. The summed E-state index contributed by atoms with van der Waals surface area (Å²) in [6.45, 7) is 3.47. The first-order valence-corrected chi connectivity index (χ1v) is 6.50. The number of anilines is 1. The zero-order chi connectivity index (χ0) is 13.8. The van der Waals surface area contributed by atoms with Crippen molar-refractivity contribution in [3.8, 4) is 12.3 Å². The fourth-order valence-electron chi connectivity index (χ4n) is 2.16. The predicted molar refractivity (Wildman–Crippen MR) is 77.0 cm³/mol. The van der Waals surface area contributed by atoms with Crippen LogP contribution < -0.4 is 5.73 Å². The van der Waals surface area contributed by atoms with Crippen LogP contribution in [0.25, 0.3) is 0 Å². The lowest BCUT2D eigenvalue weighted by Gasteiger charge is -2.34. The molecule has 0 bridgehead atoms. The SMILES string of the molecule is C#CCN1CCN(C(=O)c2c(N)cccc2Cl)CC1. The summed E-state index contributed by atoms with van der Waals surface area (Å²) in [6.07, 6.45) is 5.28. The summed E-state index contributed by atoms with van der Waals surface area (Å²) in [6, 6.07) is 5.10. The molecule has 2 rings (SSSR count). The number of amides is 1. The van der Waals surface area contributed by atoms with Crippen LogP contribution in [-0.2, 0) is 0 Å². The van der Waals surface area contributed by atoms with E-state index in [4.69, 9.17) is 23.8 Å². The topological polar surface area (TPSA) is 49.6 Å². The summed E-state index contributed by atoms with van der Waals surface area (Å²) in [5.74, 6) is 2.50. The minimum atomic E-state index is -0.108. The molecular formula is C14H16ClN3O. The van der Waals surface area contributed by atoms with Crippen molar-refractivity contribution < 1.29 is 4.79 Å². The van der Waals surface area contributed by atoms with Crippen molar-refractivity contribution in [3.05, 3.63) is 28.8 Å². The van der Waals surface area contributed by atoms with Crippen LogP contribution in [0.4, 0.5) is 5.69 Å². The summed E-state index contributed by atoms with van der Waals surface area (Å²) in [4.78, 5) is 16.3. The molecule has 100 valence electrons. The molecule has 0 unspecified atom stereocenters. The zero-order valence-electron chi connectivity index (χ0n) is 10.6. The second kappa shape index (κ2) is 5.96. The van der Waals surface area contributed by atoms with Crippen molar-refractivity contribution in [1.29, 1.82) is 0 Å². The fourth-order valence-corrected chi connectivity index (χ4v) is 2.43. The molecule has 1 aliphatic rings. The number of terminal acetylenes is 1. The Balaban J connectivity index is 2.08. The van der Waals surface area contributed by atoms with E-state index in [1.54, 1.807) is 23.1 Å². The summed E-state index contributed by atoms with van der Waals surface area (Å²) in [7, 11) is 0. The van der Waals surface area contributed by atoms with Crippen LogP contribution in [0.2, 0.25) is 5.02 Å². The third kappa shape index (κ3) is 3.01. The van der Waals surface area contributed by atoms with E-state index in [9.17, 15) is 4.79 Å². The maximum atomic E-state index is 12.4. The van der Waals surface area contributed by atoms with Gasteiger partial charge in [0.1, 0.15) is 0 Å². The van der Waals surface area contributed by atoms with E-state index in [0.717, 1.165) is 13.1 Å². The standard InChI is InChI=1S/C14H16ClN3O/c1-2-6-17-7-9-18(10-8-17)14(19)13-11(15)4-3-5-12(13)16/h1,3-5H,6-10,16H2. The Labute approximate surface area is 118 Å². The minimum absolute atomic E-state index is 0.108. The fraction of sp³-hybridized carbons (Fsp3) is 0.357. The molecule has 0 atom stereocenters. The highest BCUT2D eigenvalue weighted by Crippen LogP contribution is 2.24. The third-order valence-corrected chi connectivity index (χ3v) is 3.55. The smallest absolute Gasteiger partial charge is 0.257 e. The molecule has 0 radical (unpaired) electrons. The van der Waals surface area contributed by atoms with Gasteiger partial charge in [-0.3, -0.25) is 9.69 Å². The zero-order valence-corrected chi connectivity index (χ0v) is 11.4.